The van der Waals surface area contributed by atoms with Crippen molar-refractivity contribution in [3.63, 3.8) is 0 Å². The Morgan fingerprint density at radius 1 is 0.889 bits per heavy atom. The number of rotatable bonds is 0. The topological polar surface area (TPSA) is 0 Å². The van der Waals surface area contributed by atoms with Crippen molar-refractivity contribution in [2.45, 2.75) is 38.5 Å². The predicted molar refractivity (Wildman–Crippen MR) is 38.7 cm³/mol. The molecule has 2 aliphatic carbocycles. The van der Waals surface area contributed by atoms with Crippen LogP contribution in [0.5, 0.6) is 0 Å². The fraction of sp³-hybridized carbons (Fsp3) is 0.778. The van der Waals surface area contributed by atoms with Crippen LogP contribution in [0.4, 0.5) is 0 Å². The van der Waals surface area contributed by atoms with Gasteiger partial charge in [0.15, 0.2) is 0 Å². The van der Waals surface area contributed by atoms with Gasteiger partial charge in [0.2, 0.25) is 0 Å². The molecule has 2 fully saturated rings. The van der Waals surface area contributed by atoms with Crippen LogP contribution in [0.2, 0.25) is 0 Å². The predicted octanol–water partition coefficient (Wildman–Crippen LogP) is 2.75. The first-order valence-electron chi connectivity index (χ1n) is 4.05. The molecule has 0 aromatic carbocycles. The molecule has 0 unspecified atom stereocenters. The van der Waals surface area contributed by atoms with Gasteiger partial charge >= 0.3 is 0 Å². The molecule has 0 nitrogen and oxygen atoms in total. The third-order valence-corrected chi connectivity index (χ3v) is 2.91. The molecule has 0 heterocycles. The summed E-state index contributed by atoms with van der Waals surface area (Å²) in [5, 5.41) is 0. The molecule has 1 spiro atoms. The molecule has 2 saturated carbocycles. The average Bonchev–Trinajstić information content (AvgIpc) is 2.45. The van der Waals surface area contributed by atoms with E-state index >= 15 is 0 Å². The van der Waals surface area contributed by atoms with Gasteiger partial charge in [-0.3, -0.25) is 0 Å². The van der Waals surface area contributed by atoms with E-state index in [1.165, 1.54) is 38.5 Å². The lowest BCUT2D eigenvalue weighted by atomic mass is 9.85. The van der Waals surface area contributed by atoms with Gasteiger partial charge < -0.3 is 0 Å². The third kappa shape index (κ3) is 0.889. The Morgan fingerprint density at radius 3 is 1.78 bits per heavy atom. The fourth-order valence-corrected chi connectivity index (χ4v) is 2.25. The molecule has 2 aliphatic rings. The van der Waals surface area contributed by atoms with Crippen LogP contribution < -0.4 is 0 Å². The van der Waals surface area contributed by atoms with E-state index in [-0.39, 0.29) is 0 Å². The maximum absolute atomic E-state index is 2.47. The first-order chi connectivity index (χ1) is 4.41. The van der Waals surface area contributed by atoms with Gasteiger partial charge in [-0.1, -0.05) is 0 Å². The standard InChI is InChI=1S/C9H14/c1-2-6-9(5-1)7-3-4-8-9/h1,3H,2,4-8H2. The second-order valence-corrected chi connectivity index (χ2v) is 3.56. The summed E-state index contributed by atoms with van der Waals surface area (Å²) in [5.74, 6) is 0. The van der Waals surface area contributed by atoms with Crippen LogP contribution in [-0.4, -0.2) is 0 Å². The summed E-state index contributed by atoms with van der Waals surface area (Å²) < 4.78 is 0. The molecule has 0 bridgehead atoms. The second-order valence-electron chi connectivity index (χ2n) is 3.56. The van der Waals surface area contributed by atoms with Crippen molar-refractivity contribution in [1.82, 2.24) is 0 Å². The minimum atomic E-state index is 0.778. The van der Waals surface area contributed by atoms with Gasteiger partial charge in [-0.15, -0.1) is 0 Å². The summed E-state index contributed by atoms with van der Waals surface area (Å²) >= 11 is 0. The Balaban J connectivity index is 2.04. The van der Waals surface area contributed by atoms with Crippen molar-refractivity contribution in [3.05, 3.63) is 12.8 Å². The lowest BCUT2D eigenvalue weighted by Crippen LogP contribution is -2.08. The summed E-state index contributed by atoms with van der Waals surface area (Å²) in [5.41, 5.74) is 0.778. The van der Waals surface area contributed by atoms with Gasteiger partial charge in [0.05, 0.1) is 0 Å². The molecule has 0 aromatic heterocycles. The third-order valence-electron chi connectivity index (χ3n) is 2.91. The fourth-order valence-electron chi connectivity index (χ4n) is 2.25. The molecule has 2 radical (unpaired) electrons. The minimum Gasteiger partial charge on any atom is -0.0496 e. The van der Waals surface area contributed by atoms with E-state index in [4.69, 9.17) is 0 Å². The van der Waals surface area contributed by atoms with E-state index in [0.717, 1.165) is 5.41 Å². The van der Waals surface area contributed by atoms with Crippen molar-refractivity contribution in [2.24, 2.45) is 5.41 Å². The second kappa shape index (κ2) is 2.00. The van der Waals surface area contributed by atoms with Crippen LogP contribution in [0.15, 0.2) is 0 Å². The van der Waals surface area contributed by atoms with Gasteiger partial charge in [0.1, 0.15) is 0 Å². The normalized spacial score (nSPS) is 32.0. The van der Waals surface area contributed by atoms with E-state index in [2.05, 4.69) is 12.8 Å². The smallest absolute Gasteiger partial charge is 0.0292 e. The quantitative estimate of drug-likeness (QED) is 0.463. The van der Waals surface area contributed by atoms with Gasteiger partial charge in [0.25, 0.3) is 0 Å². The Kier molecular flexibility index (Phi) is 1.28. The van der Waals surface area contributed by atoms with Crippen LogP contribution in [0.25, 0.3) is 0 Å². The molecule has 0 amide bonds. The van der Waals surface area contributed by atoms with E-state index in [0.29, 0.717) is 0 Å². The van der Waals surface area contributed by atoms with Crippen molar-refractivity contribution in [3.8, 4) is 0 Å². The zero-order valence-electron chi connectivity index (χ0n) is 5.90. The largest absolute Gasteiger partial charge is 0.0496 e. The Hall–Kier alpha value is 0. The van der Waals surface area contributed by atoms with Crippen LogP contribution in [0.3, 0.4) is 0 Å². The molecule has 2 rings (SSSR count). The average molecular weight is 122 g/mol. The van der Waals surface area contributed by atoms with E-state index in [1.807, 2.05) is 0 Å². The highest BCUT2D eigenvalue weighted by atomic mass is 14.4. The molecular formula is C9H14. The zero-order chi connectivity index (χ0) is 6.16. The molecular weight excluding hydrogens is 108 g/mol. The highest BCUT2D eigenvalue weighted by molar-refractivity contribution is 5.00. The van der Waals surface area contributed by atoms with E-state index in [9.17, 15) is 0 Å². The van der Waals surface area contributed by atoms with Gasteiger partial charge in [-0.05, 0) is 56.8 Å². The summed E-state index contributed by atoms with van der Waals surface area (Å²) in [7, 11) is 0. The Bertz CT molecular complexity index is 75.1. The highest BCUT2D eigenvalue weighted by Gasteiger charge is 2.36. The molecule has 0 N–H and O–H groups in total. The lowest BCUT2D eigenvalue weighted by molar-refractivity contribution is 0.320. The zero-order valence-corrected chi connectivity index (χ0v) is 5.90. The van der Waals surface area contributed by atoms with Gasteiger partial charge in [-0.2, -0.15) is 0 Å². The summed E-state index contributed by atoms with van der Waals surface area (Å²) in [4.78, 5) is 0. The summed E-state index contributed by atoms with van der Waals surface area (Å²) in [6, 6.07) is 0. The van der Waals surface area contributed by atoms with Crippen LogP contribution >= 0.6 is 0 Å². The summed E-state index contributed by atoms with van der Waals surface area (Å²) in [6.07, 6.45) is 13.5. The maximum atomic E-state index is 2.47. The monoisotopic (exact) mass is 122 g/mol. The molecule has 0 aliphatic heterocycles. The molecule has 0 saturated heterocycles. The minimum absolute atomic E-state index is 0.778. The van der Waals surface area contributed by atoms with Crippen molar-refractivity contribution >= 4 is 0 Å². The van der Waals surface area contributed by atoms with Gasteiger partial charge in [0, 0.05) is 0 Å². The summed E-state index contributed by atoms with van der Waals surface area (Å²) in [6.45, 7) is 0. The molecule has 0 heteroatoms. The first kappa shape index (κ1) is 5.76. The van der Waals surface area contributed by atoms with Crippen molar-refractivity contribution < 1.29 is 0 Å². The van der Waals surface area contributed by atoms with Crippen LogP contribution in [0.1, 0.15) is 38.5 Å². The molecule has 9 heavy (non-hydrogen) atoms. The highest BCUT2D eigenvalue weighted by Crippen LogP contribution is 2.49. The molecule has 0 atom stereocenters. The lowest BCUT2D eigenvalue weighted by Gasteiger charge is -2.20. The van der Waals surface area contributed by atoms with Crippen molar-refractivity contribution in [2.75, 3.05) is 0 Å². The molecule has 0 aromatic rings. The Labute approximate surface area is 57.6 Å². The molecule has 50 valence electrons. The Morgan fingerprint density at radius 2 is 1.44 bits per heavy atom. The maximum Gasteiger partial charge on any atom is -0.0292 e. The SMILES string of the molecule is [CH]1CCC2(C1)C[CH]CC2. The van der Waals surface area contributed by atoms with E-state index in [1.54, 1.807) is 0 Å². The number of hydrogen-bond donors (Lipinski definition) is 0. The van der Waals surface area contributed by atoms with Crippen LogP contribution in [-0.2, 0) is 0 Å². The van der Waals surface area contributed by atoms with Crippen molar-refractivity contribution in [1.29, 1.82) is 0 Å². The van der Waals surface area contributed by atoms with E-state index < -0.39 is 0 Å². The first-order valence-corrected chi connectivity index (χ1v) is 4.05. The number of hydrogen-bond acceptors (Lipinski definition) is 0. The van der Waals surface area contributed by atoms with Crippen LogP contribution in [0, 0.1) is 18.3 Å². The van der Waals surface area contributed by atoms with Gasteiger partial charge in [-0.25, -0.2) is 0 Å².